The van der Waals surface area contributed by atoms with E-state index >= 15 is 0 Å². The van der Waals surface area contributed by atoms with Crippen molar-refractivity contribution in [1.82, 2.24) is 9.88 Å². The number of amides is 1. The molecule has 0 bridgehead atoms. The van der Waals surface area contributed by atoms with E-state index in [4.69, 9.17) is 9.47 Å². The first-order chi connectivity index (χ1) is 20.8. The molecule has 14 heteroatoms. The standard InChI is InChI=1S/C30H32F3N5O5S/c1-29(2,3)43-28(41)38-10-9-37(15-20(38)16-39)27-35-26(40)25(44-27)22(17-6-8-24-19(11-17)14-34-36-24)12-18-5-7-21(42-4)13-23(18)30(31,32)33/h5-8,11,13-14,20,39-40H,9-10,12,15-16H2,1-4H3/t20-/m1/s1. The van der Waals surface area contributed by atoms with Crippen molar-refractivity contribution in [2.45, 2.75) is 45.0 Å². The second-order valence-corrected chi connectivity index (χ2v) is 12.4. The Bertz CT molecular complexity index is 1720. The summed E-state index contributed by atoms with van der Waals surface area (Å²) >= 11 is 1.12. The van der Waals surface area contributed by atoms with Crippen LogP contribution in [-0.2, 0) is 17.3 Å². The van der Waals surface area contributed by atoms with Crippen LogP contribution in [0.1, 0.15) is 42.3 Å². The summed E-state index contributed by atoms with van der Waals surface area (Å²) in [5, 5.41) is 30.7. The van der Waals surface area contributed by atoms with Gasteiger partial charge in [-0.05, 0) is 61.4 Å². The van der Waals surface area contributed by atoms with Gasteiger partial charge in [0.2, 0.25) is 5.88 Å². The fraction of sp³-hybridized carbons (Fsp3) is 0.400. The molecular formula is C30H32F3N5O5S. The number of alkyl halides is 3. The zero-order valence-corrected chi connectivity index (χ0v) is 25.4. The van der Waals surface area contributed by atoms with Crippen LogP contribution >= 0.6 is 11.3 Å². The SMILES string of the molecule is COc1ccc(CC(c2sc(N3CCN(C(=O)OC(C)(C)C)[C@@H](CO)C3)nc2O)=c2ccc3c(c2)C=NN=3)c(C(F)(F)F)c1. The van der Waals surface area contributed by atoms with Crippen LogP contribution in [0.3, 0.4) is 0 Å². The molecule has 0 unspecified atom stereocenters. The van der Waals surface area contributed by atoms with Crippen LogP contribution in [0, 0.1) is 0 Å². The number of aromatic nitrogens is 1. The molecule has 5 rings (SSSR count). The maximum Gasteiger partial charge on any atom is 0.416 e. The van der Waals surface area contributed by atoms with Gasteiger partial charge in [0.15, 0.2) is 5.13 Å². The first-order valence-electron chi connectivity index (χ1n) is 13.8. The van der Waals surface area contributed by atoms with Crippen molar-refractivity contribution in [1.29, 1.82) is 0 Å². The van der Waals surface area contributed by atoms with Gasteiger partial charge in [0.1, 0.15) is 11.4 Å². The number of aliphatic hydroxyl groups excluding tert-OH is 1. The van der Waals surface area contributed by atoms with Crippen molar-refractivity contribution < 1.29 is 37.7 Å². The number of aliphatic hydroxyl groups is 1. The molecule has 1 fully saturated rings. The molecule has 3 heterocycles. The summed E-state index contributed by atoms with van der Waals surface area (Å²) in [5.41, 5.74) is -0.438. The maximum absolute atomic E-state index is 14.2. The van der Waals surface area contributed by atoms with Crippen LogP contribution in [0.2, 0.25) is 0 Å². The minimum absolute atomic E-state index is 0.00665. The Kier molecular flexibility index (Phi) is 8.58. The van der Waals surface area contributed by atoms with Crippen molar-refractivity contribution in [3.63, 3.8) is 0 Å². The molecule has 3 aromatic rings. The Hall–Kier alpha value is -4.17. The number of anilines is 1. The highest BCUT2D eigenvalue weighted by Gasteiger charge is 2.36. The van der Waals surface area contributed by atoms with Gasteiger partial charge in [-0.25, -0.2) is 4.79 Å². The molecule has 1 aromatic heterocycles. The predicted octanol–water partition coefficient (Wildman–Crippen LogP) is 3.70. The summed E-state index contributed by atoms with van der Waals surface area (Å²) < 4.78 is 53.0. The number of nitrogens with zero attached hydrogens (tertiary/aromatic N) is 5. The lowest BCUT2D eigenvalue weighted by Crippen LogP contribution is -2.57. The molecule has 2 N–H and O–H groups in total. The van der Waals surface area contributed by atoms with Gasteiger partial charge >= 0.3 is 12.3 Å². The number of carbonyl (C=O) groups is 1. The van der Waals surface area contributed by atoms with Gasteiger partial charge in [0, 0.05) is 31.6 Å². The summed E-state index contributed by atoms with van der Waals surface area (Å²) in [5.74, 6) is -0.263. The lowest BCUT2D eigenvalue weighted by Gasteiger charge is -2.40. The number of methoxy groups -OCH3 is 1. The third-order valence-electron chi connectivity index (χ3n) is 7.19. The molecule has 2 aliphatic rings. The van der Waals surface area contributed by atoms with Gasteiger partial charge in [-0.1, -0.05) is 23.5 Å². The van der Waals surface area contributed by atoms with Crippen molar-refractivity contribution >= 4 is 34.3 Å². The van der Waals surface area contributed by atoms with E-state index < -0.39 is 29.5 Å². The molecule has 1 amide bonds. The number of aromatic hydroxyl groups is 1. The summed E-state index contributed by atoms with van der Waals surface area (Å²) in [4.78, 5) is 20.7. The van der Waals surface area contributed by atoms with Gasteiger partial charge in [0.25, 0.3) is 0 Å². The Labute approximate surface area is 255 Å². The number of hydrogen-bond acceptors (Lipinski definition) is 10. The largest absolute Gasteiger partial charge is 0.497 e. The maximum atomic E-state index is 14.2. The van der Waals surface area contributed by atoms with E-state index in [1.54, 1.807) is 45.2 Å². The topological polar surface area (TPSA) is 120 Å². The van der Waals surface area contributed by atoms with Crippen LogP contribution in [0.5, 0.6) is 11.6 Å². The number of carbonyl (C=O) groups excluding carboxylic acids is 1. The Morgan fingerprint density at radius 3 is 2.59 bits per heavy atom. The normalized spacial score (nSPS) is 17.3. The van der Waals surface area contributed by atoms with Gasteiger partial charge in [-0.15, -0.1) is 0 Å². The third kappa shape index (κ3) is 6.65. The molecule has 1 atom stereocenters. The average molecular weight is 632 g/mol. The lowest BCUT2D eigenvalue weighted by atomic mass is 9.96. The van der Waals surface area contributed by atoms with Crippen molar-refractivity contribution in [3.05, 3.63) is 68.5 Å². The van der Waals surface area contributed by atoms with E-state index in [1.165, 1.54) is 24.1 Å². The third-order valence-corrected chi connectivity index (χ3v) is 8.36. The monoisotopic (exact) mass is 631 g/mol. The number of hydrogen-bond donors (Lipinski definition) is 2. The number of fused-ring (bicyclic) bond motifs is 1. The minimum atomic E-state index is -4.65. The Morgan fingerprint density at radius 1 is 1.14 bits per heavy atom. The molecular weight excluding hydrogens is 599 g/mol. The molecule has 234 valence electrons. The van der Waals surface area contributed by atoms with Crippen molar-refractivity contribution in [3.8, 4) is 11.6 Å². The summed E-state index contributed by atoms with van der Waals surface area (Å²) in [6.45, 7) is 5.74. The quantitative estimate of drug-likeness (QED) is 0.426. The van der Waals surface area contributed by atoms with Crippen LogP contribution in [0.25, 0.3) is 5.57 Å². The summed E-state index contributed by atoms with van der Waals surface area (Å²) in [6.07, 6.45) is -3.80. The second kappa shape index (κ2) is 12.1. The molecule has 10 nitrogen and oxygen atoms in total. The number of rotatable bonds is 6. The van der Waals surface area contributed by atoms with Crippen molar-refractivity contribution in [2.75, 3.05) is 38.3 Å². The molecule has 1 saturated heterocycles. The highest BCUT2D eigenvalue weighted by atomic mass is 32.1. The van der Waals surface area contributed by atoms with E-state index in [1.807, 2.05) is 4.90 Å². The van der Waals surface area contributed by atoms with Crippen molar-refractivity contribution in [2.24, 2.45) is 10.2 Å². The van der Waals surface area contributed by atoms with Crippen LogP contribution in [-0.4, -0.2) is 77.4 Å². The summed E-state index contributed by atoms with van der Waals surface area (Å²) in [6, 6.07) is 8.41. The van der Waals surface area contributed by atoms with E-state index in [2.05, 4.69) is 15.2 Å². The van der Waals surface area contributed by atoms with Gasteiger partial charge in [0.05, 0.1) is 41.8 Å². The average Bonchev–Trinajstić information content (AvgIpc) is 3.60. The second-order valence-electron chi connectivity index (χ2n) is 11.4. The molecule has 2 aliphatic heterocycles. The summed E-state index contributed by atoms with van der Waals surface area (Å²) in [7, 11) is 1.30. The fourth-order valence-corrected chi connectivity index (χ4v) is 6.13. The molecule has 2 aromatic carbocycles. The van der Waals surface area contributed by atoms with Crippen LogP contribution in [0.15, 0.2) is 46.6 Å². The minimum Gasteiger partial charge on any atom is -0.497 e. The molecule has 0 aliphatic carbocycles. The smallest absolute Gasteiger partial charge is 0.416 e. The molecule has 44 heavy (non-hydrogen) atoms. The van der Waals surface area contributed by atoms with Gasteiger partial charge in [-0.2, -0.15) is 28.4 Å². The Balaban J connectivity index is 1.54. The molecule has 0 saturated carbocycles. The molecule has 0 radical (unpaired) electrons. The number of benzene rings is 2. The van der Waals surface area contributed by atoms with E-state index in [9.17, 15) is 28.2 Å². The van der Waals surface area contributed by atoms with E-state index in [0.29, 0.717) is 38.3 Å². The fourth-order valence-electron chi connectivity index (χ4n) is 5.07. The lowest BCUT2D eigenvalue weighted by molar-refractivity contribution is -0.138. The van der Waals surface area contributed by atoms with E-state index in [0.717, 1.165) is 17.4 Å². The number of ether oxygens (including phenoxy) is 2. The highest BCUT2D eigenvalue weighted by Crippen LogP contribution is 2.40. The van der Waals surface area contributed by atoms with Crippen LogP contribution in [0.4, 0.5) is 23.1 Å². The predicted molar refractivity (Wildman–Crippen MR) is 159 cm³/mol. The number of piperazine rings is 1. The first kappa shape index (κ1) is 31.3. The highest BCUT2D eigenvalue weighted by molar-refractivity contribution is 7.17. The van der Waals surface area contributed by atoms with E-state index in [-0.39, 0.29) is 43.3 Å². The van der Waals surface area contributed by atoms with Crippen LogP contribution < -0.4 is 20.2 Å². The zero-order chi connectivity index (χ0) is 31.8. The zero-order valence-electron chi connectivity index (χ0n) is 24.6. The Morgan fingerprint density at radius 2 is 1.91 bits per heavy atom. The van der Waals surface area contributed by atoms with Gasteiger partial charge in [-0.3, -0.25) is 4.90 Å². The molecule has 0 spiro atoms. The first-order valence-corrected chi connectivity index (χ1v) is 14.6. The van der Waals surface area contributed by atoms with Gasteiger partial charge < -0.3 is 24.6 Å². The number of thiazole rings is 1. The number of halogens is 3.